The van der Waals surface area contributed by atoms with Crippen LogP contribution in [0.5, 0.6) is 0 Å². The Labute approximate surface area is 96.8 Å². The molecule has 17 heavy (non-hydrogen) atoms. The monoisotopic (exact) mass is 250 g/mol. The van der Waals surface area contributed by atoms with Crippen molar-refractivity contribution < 1.29 is 17.6 Å². The van der Waals surface area contributed by atoms with Crippen molar-refractivity contribution in [1.82, 2.24) is 5.43 Å². The standard InChI is InChI=1S/C11H14F4N2/c1-7-2-3-9(12)8(6-7)10(17-16)4-5-11(13,14)15/h2-3,6,10,17H,4-5,16H2,1H3. The van der Waals surface area contributed by atoms with E-state index in [4.69, 9.17) is 5.84 Å². The van der Waals surface area contributed by atoms with Gasteiger partial charge in [-0.25, -0.2) is 4.39 Å². The summed E-state index contributed by atoms with van der Waals surface area (Å²) in [7, 11) is 0. The van der Waals surface area contributed by atoms with Crippen LogP contribution in [0.2, 0.25) is 0 Å². The lowest BCUT2D eigenvalue weighted by Gasteiger charge is -2.18. The van der Waals surface area contributed by atoms with Gasteiger partial charge >= 0.3 is 6.18 Å². The maximum Gasteiger partial charge on any atom is 0.389 e. The molecule has 0 spiro atoms. The van der Waals surface area contributed by atoms with E-state index >= 15 is 0 Å². The molecule has 0 amide bonds. The summed E-state index contributed by atoms with van der Waals surface area (Å²) in [5, 5.41) is 0. The zero-order valence-corrected chi connectivity index (χ0v) is 9.31. The van der Waals surface area contributed by atoms with E-state index < -0.39 is 24.5 Å². The third kappa shape index (κ3) is 4.32. The molecule has 1 rings (SSSR count). The molecule has 2 nitrogen and oxygen atoms in total. The van der Waals surface area contributed by atoms with Gasteiger partial charge in [-0.15, -0.1) is 0 Å². The number of alkyl halides is 3. The van der Waals surface area contributed by atoms with Crippen LogP contribution in [-0.2, 0) is 0 Å². The van der Waals surface area contributed by atoms with Crippen LogP contribution in [0.3, 0.4) is 0 Å². The molecule has 1 unspecified atom stereocenters. The van der Waals surface area contributed by atoms with E-state index in [0.717, 1.165) is 5.56 Å². The van der Waals surface area contributed by atoms with Crippen LogP contribution in [0.25, 0.3) is 0 Å². The predicted molar refractivity (Wildman–Crippen MR) is 56.5 cm³/mol. The fourth-order valence-corrected chi connectivity index (χ4v) is 1.57. The molecule has 0 aliphatic carbocycles. The Morgan fingerprint density at radius 3 is 2.53 bits per heavy atom. The highest BCUT2D eigenvalue weighted by molar-refractivity contribution is 5.26. The van der Waals surface area contributed by atoms with Crippen molar-refractivity contribution >= 4 is 0 Å². The minimum Gasteiger partial charge on any atom is -0.271 e. The Morgan fingerprint density at radius 2 is 2.00 bits per heavy atom. The number of hydrazine groups is 1. The van der Waals surface area contributed by atoms with Gasteiger partial charge in [0.1, 0.15) is 5.82 Å². The number of benzene rings is 1. The fourth-order valence-electron chi connectivity index (χ4n) is 1.57. The first kappa shape index (κ1) is 13.9. The summed E-state index contributed by atoms with van der Waals surface area (Å²) in [4.78, 5) is 0. The van der Waals surface area contributed by atoms with Gasteiger partial charge in [-0.2, -0.15) is 13.2 Å². The van der Waals surface area contributed by atoms with E-state index in [-0.39, 0.29) is 12.0 Å². The number of rotatable bonds is 4. The number of hydrogen-bond donors (Lipinski definition) is 2. The van der Waals surface area contributed by atoms with Gasteiger partial charge in [-0.3, -0.25) is 11.3 Å². The highest BCUT2D eigenvalue weighted by atomic mass is 19.4. The van der Waals surface area contributed by atoms with Crippen molar-refractivity contribution in [2.75, 3.05) is 0 Å². The van der Waals surface area contributed by atoms with E-state index in [1.165, 1.54) is 12.1 Å². The Morgan fingerprint density at radius 1 is 1.35 bits per heavy atom. The molecule has 1 aromatic carbocycles. The molecule has 0 saturated heterocycles. The second-order valence-corrected chi connectivity index (χ2v) is 3.90. The molecule has 0 aliphatic rings. The quantitative estimate of drug-likeness (QED) is 0.490. The summed E-state index contributed by atoms with van der Waals surface area (Å²) in [5.41, 5.74) is 3.15. The van der Waals surface area contributed by atoms with E-state index in [2.05, 4.69) is 5.43 Å². The minimum atomic E-state index is -4.27. The maximum absolute atomic E-state index is 13.4. The van der Waals surface area contributed by atoms with E-state index in [1.54, 1.807) is 13.0 Å². The molecule has 0 aliphatic heterocycles. The Hall–Kier alpha value is -1.14. The van der Waals surface area contributed by atoms with E-state index in [9.17, 15) is 17.6 Å². The molecule has 0 aromatic heterocycles. The minimum absolute atomic E-state index is 0.164. The predicted octanol–water partition coefficient (Wildman–Crippen LogP) is 2.98. The van der Waals surface area contributed by atoms with Crippen LogP contribution in [0, 0.1) is 12.7 Å². The van der Waals surface area contributed by atoms with Gasteiger partial charge in [0.15, 0.2) is 0 Å². The van der Waals surface area contributed by atoms with Crippen molar-refractivity contribution in [2.24, 2.45) is 5.84 Å². The van der Waals surface area contributed by atoms with Crippen molar-refractivity contribution in [1.29, 1.82) is 0 Å². The number of halogens is 4. The van der Waals surface area contributed by atoms with E-state index in [0.29, 0.717) is 0 Å². The molecule has 96 valence electrons. The van der Waals surface area contributed by atoms with Crippen LogP contribution < -0.4 is 11.3 Å². The average Bonchev–Trinajstić information content (AvgIpc) is 2.22. The molecule has 1 atom stereocenters. The Kier molecular flexibility index (Phi) is 4.47. The van der Waals surface area contributed by atoms with Crippen LogP contribution in [0.1, 0.15) is 30.0 Å². The topological polar surface area (TPSA) is 38.0 Å². The molecular formula is C11H14F4N2. The number of hydrogen-bond acceptors (Lipinski definition) is 2. The Bertz CT molecular complexity index is 376. The summed E-state index contributed by atoms with van der Waals surface area (Å²) in [5.74, 6) is 4.61. The summed E-state index contributed by atoms with van der Waals surface area (Å²) in [6, 6.07) is 3.44. The fraction of sp³-hybridized carbons (Fsp3) is 0.455. The zero-order valence-electron chi connectivity index (χ0n) is 9.31. The van der Waals surface area contributed by atoms with Gasteiger partial charge in [-0.1, -0.05) is 17.7 Å². The molecule has 0 radical (unpaired) electrons. The van der Waals surface area contributed by atoms with Gasteiger partial charge in [0.25, 0.3) is 0 Å². The SMILES string of the molecule is Cc1ccc(F)c(C(CCC(F)(F)F)NN)c1. The summed E-state index contributed by atoms with van der Waals surface area (Å²) >= 11 is 0. The van der Waals surface area contributed by atoms with Gasteiger partial charge in [0, 0.05) is 18.0 Å². The first-order valence-electron chi connectivity index (χ1n) is 5.12. The smallest absolute Gasteiger partial charge is 0.271 e. The lowest BCUT2D eigenvalue weighted by molar-refractivity contribution is -0.136. The summed E-state index contributed by atoms with van der Waals surface area (Å²) < 4.78 is 49.7. The summed E-state index contributed by atoms with van der Waals surface area (Å²) in [6.07, 6.45) is -5.56. The first-order chi connectivity index (χ1) is 7.83. The third-order valence-corrected chi connectivity index (χ3v) is 2.44. The van der Waals surface area contributed by atoms with Crippen molar-refractivity contribution in [2.45, 2.75) is 32.0 Å². The lowest BCUT2D eigenvalue weighted by atomic mass is 10.00. The van der Waals surface area contributed by atoms with Gasteiger partial charge in [0.2, 0.25) is 0 Å². The molecule has 0 heterocycles. The number of aryl methyl sites for hydroxylation is 1. The van der Waals surface area contributed by atoms with Crippen LogP contribution >= 0.6 is 0 Å². The maximum atomic E-state index is 13.4. The van der Waals surface area contributed by atoms with Crippen molar-refractivity contribution in [3.8, 4) is 0 Å². The molecule has 3 N–H and O–H groups in total. The second kappa shape index (κ2) is 5.46. The number of nitrogens with one attached hydrogen (secondary N) is 1. The van der Waals surface area contributed by atoms with E-state index in [1.807, 2.05) is 0 Å². The van der Waals surface area contributed by atoms with Crippen LogP contribution in [-0.4, -0.2) is 6.18 Å². The van der Waals surface area contributed by atoms with Gasteiger partial charge < -0.3 is 0 Å². The molecular weight excluding hydrogens is 236 g/mol. The lowest BCUT2D eigenvalue weighted by Crippen LogP contribution is -2.30. The largest absolute Gasteiger partial charge is 0.389 e. The third-order valence-electron chi connectivity index (χ3n) is 2.44. The molecule has 0 saturated carbocycles. The molecule has 0 bridgehead atoms. The highest BCUT2D eigenvalue weighted by Gasteiger charge is 2.29. The van der Waals surface area contributed by atoms with Crippen LogP contribution in [0.15, 0.2) is 18.2 Å². The zero-order chi connectivity index (χ0) is 13.1. The summed E-state index contributed by atoms with van der Waals surface area (Å²) in [6.45, 7) is 1.74. The van der Waals surface area contributed by atoms with Gasteiger partial charge in [0.05, 0.1) is 0 Å². The highest BCUT2D eigenvalue weighted by Crippen LogP contribution is 2.28. The van der Waals surface area contributed by atoms with Crippen molar-refractivity contribution in [3.63, 3.8) is 0 Å². The number of nitrogens with two attached hydrogens (primary N) is 1. The van der Waals surface area contributed by atoms with Crippen molar-refractivity contribution in [3.05, 3.63) is 35.1 Å². The average molecular weight is 250 g/mol. The molecule has 0 fully saturated rings. The molecule has 6 heteroatoms. The van der Waals surface area contributed by atoms with Gasteiger partial charge in [-0.05, 0) is 19.4 Å². The normalized spacial score (nSPS) is 13.8. The Balaban J connectivity index is 2.82. The second-order valence-electron chi connectivity index (χ2n) is 3.90. The first-order valence-corrected chi connectivity index (χ1v) is 5.12. The van der Waals surface area contributed by atoms with Crippen LogP contribution in [0.4, 0.5) is 17.6 Å². The molecule has 1 aromatic rings.